The predicted octanol–water partition coefficient (Wildman–Crippen LogP) is 3.16. The van der Waals surface area contributed by atoms with E-state index in [1.165, 1.54) is 19.3 Å². The van der Waals surface area contributed by atoms with Gasteiger partial charge in [0.05, 0.1) is 4.90 Å². The summed E-state index contributed by atoms with van der Waals surface area (Å²) in [6.07, 6.45) is 6.53. The van der Waals surface area contributed by atoms with Crippen molar-refractivity contribution >= 4 is 15.9 Å². The number of aryl methyl sites for hydroxylation is 1. The molecule has 0 saturated carbocycles. The lowest BCUT2D eigenvalue weighted by atomic mass is 9.98. The summed E-state index contributed by atoms with van der Waals surface area (Å²) >= 11 is 0. The quantitative estimate of drug-likeness (QED) is 0.766. The molecule has 1 N–H and O–H groups in total. The second-order valence-corrected chi connectivity index (χ2v) is 10.9. The summed E-state index contributed by atoms with van der Waals surface area (Å²) in [7, 11) is -3.55. The molecule has 2 heterocycles. The van der Waals surface area contributed by atoms with Crippen LogP contribution in [0.25, 0.3) is 0 Å². The molecule has 7 heteroatoms. The fraction of sp³-hybridized carbons (Fsp3) is 0.682. The number of carbonyl (C=O) groups is 1. The van der Waals surface area contributed by atoms with Crippen molar-refractivity contribution in [2.45, 2.75) is 69.7 Å². The summed E-state index contributed by atoms with van der Waals surface area (Å²) in [6.45, 7) is 9.93. The van der Waals surface area contributed by atoms with Crippen LogP contribution >= 0.6 is 0 Å². The number of piperidine rings is 2. The van der Waals surface area contributed by atoms with Crippen LogP contribution in [0.15, 0.2) is 23.1 Å². The summed E-state index contributed by atoms with van der Waals surface area (Å²) in [6, 6.07) is 4.90. The summed E-state index contributed by atoms with van der Waals surface area (Å²) < 4.78 is 27.5. The van der Waals surface area contributed by atoms with Crippen LogP contribution in [0.1, 0.15) is 68.3 Å². The van der Waals surface area contributed by atoms with Crippen molar-refractivity contribution < 1.29 is 13.2 Å². The smallest absolute Gasteiger partial charge is 0.251 e. The van der Waals surface area contributed by atoms with Gasteiger partial charge >= 0.3 is 0 Å². The van der Waals surface area contributed by atoms with Crippen LogP contribution in [0, 0.1) is 6.92 Å². The molecule has 3 rings (SSSR count). The highest BCUT2D eigenvalue weighted by atomic mass is 32.2. The molecule has 6 nitrogen and oxygen atoms in total. The Balaban J connectivity index is 1.72. The second kappa shape index (κ2) is 9.14. The minimum atomic E-state index is -3.55. The Hall–Kier alpha value is -1.44. The van der Waals surface area contributed by atoms with Crippen molar-refractivity contribution in [2.75, 3.05) is 32.7 Å². The number of nitrogens with one attached hydrogen (secondary N) is 1. The van der Waals surface area contributed by atoms with Crippen LogP contribution in [0.3, 0.4) is 0 Å². The Morgan fingerprint density at radius 1 is 1.00 bits per heavy atom. The molecule has 0 aromatic heterocycles. The van der Waals surface area contributed by atoms with Crippen molar-refractivity contribution in [3.63, 3.8) is 0 Å². The van der Waals surface area contributed by atoms with Crippen LogP contribution in [0.5, 0.6) is 0 Å². The Kier molecular flexibility index (Phi) is 7.02. The lowest BCUT2D eigenvalue weighted by molar-refractivity contribution is 0.0797. The molecule has 0 radical (unpaired) electrons. The van der Waals surface area contributed by atoms with Gasteiger partial charge in [-0.3, -0.25) is 9.69 Å². The van der Waals surface area contributed by atoms with Gasteiger partial charge in [-0.05, 0) is 77.2 Å². The molecule has 1 aromatic rings. The molecule has 1 amide bonds. The van der Waals surface area contributed by atoms with Gasteiger partial charge in [0, 0.05) is 30.7 Å². The average Bonchev–Trinajstić information content (AvgIpc) is 2.73. The molecule has 1 aromatic carbocycles. The first-order valence-corrected chi connectivity index (χ1v) is 12.3. The molecule has 0 atom stereocenters. The lowest BCUT2D eigenvalue weighted by Crippen LogP contribution is -2.53. The summed E-state index contributed by atoms with van der Waals surface area (Å²) in [5.74, 6) is -0.205. The van der Waals surface area contributed by atoms with Crippen LogP contribution in [-0.2, 0) is 10.0 Å². The van der Waals surface area contributed by atoms with E-state index in [4.69, 9.17) is 0 Å². The molecular formula is C22H35N3O3S. The highest BCUT2D eigenvalue weighted by molar-refractivity contribution is 7.89. The number of amides is 1. The molecule has 162 valence electrons. The largest absolute Gasteiger partial charge is 0.350 e. The van der Waals surface area contributed by atoms with Crippen molar-refractivity contribution in [1.82, 2.24) is 14.5 Å². The average molecular weight is 422 g/mol. The Labute approximate surface area is 175 Å². The number of nitrogens with zero attached hydrogens (tertiary/aromatic N) is 2. The fourth-order valence-corrected chi connectivity index (χ4v) is 5.81. The third-order valence-corrected chi connectivity index (χ3v) is 8.19. The van der Waals surface area contributed by atoms with Gasteiger partial charge in [-0.1, -0.05) is 18.9 Å². The third-order valence-electron chi connectivity index (χ3n) is 6.30. The number of hydrogen-bond acceptors (Lipinski definition) is 4. The number of carbonyl (C=O) groups excluding carboxylic acids is 1. The van der Waals surface area contributed by atoms with Crippen LogP contribution < -0.4 is 5.32 Å². The zero-order chi connectivity index (χ0) is 21.1. The molecular weight excluding hydrogens is 386 g/mol. The van der Waals surface area contributed by atoms with Crippen molar-refractivity contribution in [3.8, 4) is 0 Å². The first kappa shape index (κ1) is 22.2. The van der Waals surface area contributed by atoms with Crippen molar-refractivity contribution in [3.05, 3.63) is 29.3 Å². The number of rotatable bonds is 6. The van der Waals surface area contributed by atoms with E-state index in [-0.39, 0.29) is 16.3 Å². The number of benzene rings is 1. The van der Waals surface area contributed by atoms with E-state index in [1.54, 1.807) is 22.5 Å². The topological polar surface area (TPSA) is 69.7 Å². The van der Waals surface area contributed by atoms with Crippen molar-refractivity contribution in [2.24, 2.45) is 0 Å². The second-order valence-electron chi connectivity index (χ2n) is 8.98. The van der Waals surface area contributed by atoms with Crippen LogP contribution in [0.4, 0.5) is 0 Å². The maximum absolute atomic E-state index is 13.0. The first-order valence-electron chi connectivity index (χ1n) is 10.9. The van der Waals surface area contributed by atoms with E-state index in [0.29, 0.717) is 25.2 Å². The van der Waals surface area contributed by atoms with E-state index < -0.39 is 10.0 Å². The highest BCUT2D eigenvalue weighted by Crippen LogP contribution is 2.24. The predicted molar refractivity (Wildman–Crippen MR) is 116 cm³/mol. The number of sulfonamides is 1. The van der Waals surface area contributed by atoms with Gasteiger partial charge in [-0.2, -0.15) is 4.31 Å². The van der Waals surface area contributed by atoms with Gasteiger partial charge in [0.2, 0.25) is 10.0 Å². The molecule has 2 aliphatic rings. The van der Waals surface area contributed by atoms with E-state index in [9.17, 15) is 13.2 Å². The van der Waals surface area contributed by atoms with E-state index in [1.807, 2.05) is 6.92 Å². The van der Waals surface area contributed by atoms with Gasteiger partial charge < -0.3 is 5.32 Å². The number of hydrogen-bond donors (Lipinski definition) is 1. The molecule has 2 saturated heterocycles. The normalized spacial score (nSPS) is 19.8. The van der Waals surface area contributed by atoms with Gasteiger partial charge in [0.25, 0.3) is 5.91 Å². The fourth-order valence-electron chi connectivity index (χ4n) is 4.26. The molecule has 0 unspecified atom stereocenters. The monoisotopic (exact) mass is 421 g/mol. The maximum Gasteiger partial charge on any atom is 0.251 e. The SMILES string of the molecule is Cc1ccc(S(=O)(=O)N2CCCCC2)cc1C(=O)NCC(C)(C)N1CCCCC1. The first-order chi connectivity index (χ1) is 13.7. The van der Waals surface area contributed by atoms with E-state index in [0.717, 1.165) is 37.9 Å². The third kappa shape index (κ3) is 5.19. The van der Waals surface area contributed by atoms with Gasteiger partial charge in [0.1, 0.15) is 0 Å². The van der Waals surface area contributed by atoms with Gasteiger partial charge in [0.15, 0.2) is 0 Å². The molecule has 0 aliphatic carbocycles. The van der Waals surface area contributed by atoms with Gasteiger partial charge in [-0.25, -0.2) is 8.42 Å². The summed E-state index contributed by atoms with van der Waals surface area (Å²) in [5.41, 5.74) is 1.11. The van der Waals surface area contributed by atoms with Crippen molar-refractivity contribution in [1.29, 1.82) is 0 Å². The summed E-state index contributed by atoms with van der Waals surface area (Å²) in [4.78, 5) is 15.6. The van der Waals surface area contributed by atoms with Crippen LogP contribution in [0.2, 0.25) is 0 Å². The Morgan fingerprint density at radius 2 is 1.59 bits per heavy atom. The minimum Gasteiger partial charge on any atom is -0.350 e. The molecule has 0 bridgehead atoms. The molecule has 2 fully saturated rings. The van der Waals surface area contributed by atoms with E-state index in [2.05, 4.69) is 24.1 Å². The van der Waals surface area contributed by atoms with Crippen LogP contribution in [-0.4, -0.2) is 61.8 Å². The van der Waals surface area contributed by atoms with Gasteiger partial charge in [-0.15, -0.1) is 0 Å². The Bertz CT molecular complexity index is 824. The number of likely N-dealkylation sites (tertiary alicyclic amines) is 1. The Morgan fingerprint density at radius 3 is 2.21 bits per heavy atom. The zero-order valence-corrected chi connectivity index (χ0v) is 18.9. The van der Waals surface area contributed by atoms with E-state index >= 15 is 0 Å². The molecule has 0 spiro atoms. The lowest BCUT2D eigenvalue weighted by Gasteiger charge is -2.41. The highest BCUT2D eigenvalue weighted by Gasteiger charge is 2.30. The minimum absolute atomic E-state index is 0.124. The zero-order valence-electron chi connectivity index (χ0n) is 18.0. The molecule has 29 heavy (non-hydrogen) atoms. The molecule has 2 aliphatic heterocycles. The standard InChI is InChI=1S/C22H35N3O3S/c1-18-10-11-19(29(27,28)25-14-8-5-9-15-25)16-20(18)21(26)23-17-22(2,3)24-12-6-4-7-13-24/h10-11,16H,4-9,12-15,17H2,1-3H3,(H,23,26). The maximum atomic E-state index is 13.0. The summed E-state index contributed by atoms with van der Waals surface area (Å²) in [5, 5.41) is 3.05.